The first-order valence-electron chi connectivity index (χ1n) is 5.26. The second kappa shape index (κ2) is 4.55. The van der Waals surface area contributed by atoms with Crippen LogP contribution in [0.3, 0.4) is 0 Å². The predicted octanol–water partition coefficient (Wildman–Crippen LogP) is 2.16. The lowest BCUT2D eigenvalue weighted by atomic mass is 10.1. The van der Waals surface area contributed by atoms with Crippen LogP contribution in [0.25, 0.3) is 5.69 Å². The molecule has 0 radical (unpaired) electrons. The summed E-state index contributed by atoms with van der Waals surface area (Å²) in [6.07, 6.45) is 0.948. The van der Waals surface area contributed by atoms with E-state index < -0.39 is 5.56 Å². The van der Waals surface area contributed by atoms with Crippen LogP contribution in [0, 0.1) is 4.77 Å². The van der Waals surface area contributed by atoms with Gasteiger partial charge in [0.15, 0.2) is 4.77 Å². The molecule has 0 atom stereocenters. The molecule has 0 amide bonds. The van der Waals surface area contributed by atoms with Gasteiger partial charge in [0.25, 0.3) is 5.56 Å². The van der Waals surface area contributed by atoms with E-state index >= 15 is 0 Å². The Labute approximate surface area is 103 Å². The molecule has 2 N–H and O–H groups in total. The van der Waals surface area contributed by atoms with Crippen LogP contribution >= 0.6 is 12.2 Å². The summed E-state index contributed by atoms with van der Waals surface area (Å²) in [5.41, 5.74) is 1.51. The summed E-state index contributed by atoms with van der Waals surface area (Å²) < 4.78 is 1.59. The fraction of sp³-hybridized carbons (Fsp3) is 0.167. The Morgan fingerprint density at radius 1 is 1.35 bits per heavy atom. The number of hydrogen-bond acceptors (Lipinski definition) is 3. The maximum absolute atomic E-state index is 11.1. The van der Waals surface area contributed by atoms with Crippen molar-refractivity contribution in [3.8, 4) is 11.6 Å². The van der Waals surface area contributed by atoms with E-state index in [-0.39, 0.29) is 10.7 Å². The number of hydrogen-bond donors (Lipinski definition) is 2. The number of aromatic amines is 1. The Bertz CT molecular complexity index is 641. The first-order valence-corrected chi connectivity index (χ1v) is 5.67. The number of aromatic hydroxyl groups is 1. The van der Waals surface area contributed by atoms with Crippen LogP contribution in [0.2, 0.25) is 0 Å². The van der Waals surface area contributed by atoms with E-state index in [2.05, 4.69) is 11.9 Å². The highest BCUT2D eigenvalue weighted by Gasteiger charge is 2.04. The van der Waals surface area contributed by atoms with Crippen LogP contribution < -0.4 is 5.56 Å². The standard InChI is InChI=1S/C12H12N2O2S/c1-2-8-3-5-9(6-4-8)14-11(16)7-10(15)13-12(14)17/h3-7,16H,2H2,1H3,(H,13,15,17). The number of nitrogens with one attached hydrogen (secondary N) is 1. The molecule has 17 heavy (non-hydrogen) atoms. The Kier molecular flexibility index (Phi) is 3.10. The van der Waals surface area contributed by atoms with E-state index in [0.717, 1.165) is 18.2 Å². The van der Waals surface area contributed by atoms with Crippen LogP contribution in [0.1, 0.15) is 12.5 Å². The molecule has 1 aromatic heterocycles. The van der Waals surface area contributed by atoms with Crippen molar-refractivity contribution in [1.29, 1.82) is 0 Å². The van der Waals surface area contributed by atoms with Crippen LogP contribution in [0.4, 0.5) is 0 Å². The van der Waals surface area contributed by atoms with Gasteiger partial charge in [0, 0.05) is 0 Å². The van der Waals surface area contributed by atoms with Crippen LogP contribution in [0.15, 0.2) is 35.1 Å². The van der Waals surface area contributed by atoms with Crippen LogP contribution in [-0.4, -0.2) is 14.7 Å². The Hall–Kier alpha value is -1.88. The lowest BCUT2D eigenvalue weighted by molar-refractivity contribution is 0.433. The summed E-state index contributed by atoms with van der Waals surface area (Å²) in [6.45, 7) is 2.07. The van der Waals surface area contributed by atoms with Gasteiger partial charge in [-0.05, 0) is 36.3 Å². The third-order valence-corrected chi connectivity index (χ3v) is 2.81. The molecule has 0 saturated heterocycles. The van der Waals surface area contributed by atoms with Crippen molar-refractivity contribution in [3.05, 3.63) is 51.0 Å². The smallest absolute Gasteiger partial charge is 0.255 e. The minimum absolute atomic E-state index is 0.164. The van der Waals surface area contributed by atoms with E-state index in [0.29, 0.717) is 0 Å². The second-order valence-electron chi connectivity index (χ2n) is 3.65. The molecule has 0 spiro atoms. The van der Waals surface area contributed by atoms with Crippen molar-refractivity contribution in [3.63, 3.8) is 0 Å². The summed E-state index contributed by atoms with van der Waals surface area (Å²) in [6, 6.07) is 8.73. The molecule has 88 valence electrons. The lowest BCUT2D eigenvalue weighted by Gasteiger charge is -2.09. The van der Waals surface area contributed by atoms with E-state index in [1.807, 2.05) is 24.3 Å². The average Bonchev–Trinajstić information content (AvgIpc) is 2.28. The summed E-state index contributed by atoms with van der Waals surface area (Å²) in [4.78, 5) is 13.6. The molecule has 1 heterocycles. The zero-order valence-electron chi connectivity index (χ0n) is 9.30. The number of aryl methyl sites for hydroxylation is 1. The molecule has 0 saturated carbocycles. The van der Waals surface area contributed by atoms with E-state index in [1.165, 1.54) is 10.1 Å². The van der Waals surface area contributed by atoms with E-state index in [9.17, 15) is 9.90 Å². The van der Waals surface area contributed by atoms with Gasteiger partial charge in [-0.25, -0.2) is 0 Å². The van der Waals surface area contributed by atoms with Crippen molar-refractivity contribution < 1.29 is 5.11 Å². The van der Waals surface area contributed by atoms with Crippen molar-refractivity contribution in [1.82, 2.24) is 9.55 Å². The fourth-order valence-electron chi connectivity index (χ4n) is 1.61. The summed E-state index contributed by atoms with van der Waals surface area (Å²) in [5, 5.41) is 9.73. The molecular formula is C12H12N2O2S. The number of benzene rings is 1. The van der Waals surface area contributed by atoms with Gasteiger partial charge in [-0.15, -0.1) is 0 Å². The Morgan fingerprint density at radius 2 is 2.00 bits per heavy atom. The van der Waals surface area contributed by atoms with Gasteiger partial charge in [0.2, 0.25) is 5.88 Å². The summed E-state index contributed by atoms with van der Waals surface area (Å²) in [5.74, 6) is -0.164. The molecule has 0 aliphatic carbocycles. The van der Waals surface area contributed by atoms with Crippen LogP contribution in [-0.2, 0) is 6.42 Å². The number of H-pyrrole nitrogens is 1. The highest BCUT2D eigenvalue weighted by Crippen LogP contribution is 2.16. The summed E-state index contributed by atoms with van der Waals surface area (Å²) >= 11 is 5.02. The van der Waals surface area contributed by atoms with Crippen molar-refractivity contribution >= 4 is 12.2 Å². The first kappa shape index (κ1) is 11.6. The molecule has 4 nitrogen and oxygen atoms in total. The molecule has 0 fully saturated rings. The topological polar surface area (TPSA) is 58.0 Å². The van der Waals surface area contributed by atoms with Crippen molar-refractivity contribution in [2.24, 2.45) is 0 Å². The maximum atomic E-state index is 11.1. The monoisotopic (exact) mass is 248 g/mol. The molecule has 1 aromatic carbocycles. The van der Waals surface area contributed by atoms with Gasteiger partial charge >= 0.3 is 0 Å². The molecule has 0 aliphatic heterocycles. The SMILES string of the molecule is CCc1ccc(-n2c(O)cc(=O)[nH]c2=S)cc1. The Morgan fingerprint density at radius 3 is 2.53 bits per heavy atom. The quantitative estimate of drug-likeness (QED) is 0.801. The van der Waals surface area contributed by atoms with Gasteiger partial charge in [-0.2, -0.15) is 0 Å². The van der Waals surface area contributed by atoms with Gasteiger partial charge in [0.05, 0.1) is 11.8 Å². The molecule has 0 aliphatic rings. The van der Waals surface area contributed by atoms with Gasteiger partial charge in [-0.1, -0.05) is 19.1 Å². The van der Waals surface area contributed by atoms with Crippen LogP contribution in [0.5, 0.6) is 5.88 Å². The zero-order valence-corrected chi connectivity index (χ0v) is 10.1. The minimum Gasteiger partial charge on any atom is -0.494 e. The molecule has 0 unspecified atom stereocenters. The number of rotatable bonds is 2. The van der Waals surface area contributed by atoms with Gasteiger partial charge in [-0.3, -0.25) is 14.3 Å². The van der Waals surface area contributed by atoms with Crippen molar-refractivity contribution in [2.75, 3.05) is 0 Å². The highest BCUT2D eigenvalue weighted by molar-refractivity contribution is 7.71. The third kappa shape index (κ3) is 2.29. The molecule has 0 bridgehead atoms. The minimum atomic E-state index is -0.408. The zero-order chi connectivity index (χ0) is 12.4. The molecular weight excluding hydrogens is 236 g/mol. The Balaban J connectivity index is 2.60. The van der Waals surface area contributed by atoms with E-state index in [1.54, 1.807) is 0 Å². The second-order valence-corrected chi connectivity index (χ2v) is 4.04. The van der Waals surface area contributed by atoms with E-state index in [4.69, 9.17) is 12.2 Å². The highest BCUT2D eigenvalue weighted by atomic mass is 32.1. The summed E-state index contributed by atoms with van der Waals surface area (Å²) in [7, 11) is 0. The maximum Gasteiger partial charge on any atom is 0.255 e. The number of nitrogens with zero attached hydrogens (tertiary/aromatic N) is 1. The predicted molar refractivity (Wildman–Crippen MR) is 68.3 cm³/mol. The average molecular weight is 248 g/mol. The van der Waals surface area contributed by atoms with Gasteiger partial charge in [0.1, 0.15) is 0 Å². The van der Waals surface area contributed by atoms with Crippen molar-refractivity contribution in [2.45, 2.75) is 13.3 Å². The first-order chi connectivity index (χ1) is 8.11. The fourth-order valence-corrected chi connectivity index (χ4v) is 1.91. The third-order valence-electron chi connectivity index (χ3n) is 2.53. The normalized spacial score (nSPS) is 10.4. The molecule has 2 aromatic rings. The van der Waals surface area contributed by atoms with Gasteiger partial charge < -0.3 is 5.11 Å². The lowest BCUT2D eigenvalue weighted by Crippen LogP contribution is -2.10. The molecule has 5 heteroatoms. The largest absolute Gasteiger partial charge is 0.494 e. The number of aromatic nitrogens is 2. The molecule has 2 rings (SSSR count).